The minimum absolute atomic E-state index is 0.640. The van der Waals surface area contributed by atoms with Crippen molar-refractivity contribution in [2.75, 3.05) is 13.1 Å². The Morgan fingerprint density at radius 3 is 2.10 bits per heavy atom. The molecule has 60 valence electrons. The molecule has 0 spiro atoms. The van der Waals surface area contributed by atoms with Gasteiger partial charge in [0.2, 0.25) is 0 Å². The SMILES string of the molecule is C=C(C)CN(CC)C(C)C. The Labute approximate surface area is 64.7 Å². The summed E-state index contributed by atoms with van der Waals surface area (Å²) < 4.78 is 0. The fourth-order valence-electron chi connectivity index (χ4n) is 1.01. The molecular formula is C9H19N. The molecule has 1 nitrogen and oxygen atoms in total. The molecule has 0 radical (unpaired) electrons. The lowest BCUT2D eigenvalue weighted by molar-refractivity contribution is 0.254. The van der Waals surface area contributed by atoms with Gasteiger partial charge in [-0.15, -0.1) is 0 Å². The first-order valence-electron chi connectivity index (χ1n) is 3.96. The molecule has 0 unspecified atom stereocenters. The van der Waals surface area contributed by atoms with E-state index < -0.39 is 0 Å². The number of rotatable bonds is 4. The molecule has 0 rings (SSSR count). The number of hydrogen-bond donors (Lipinski definition) is 0. The van der Waals surface area contributed by atoms with Gasteiger partial charge in [-0.3, -0.25) is 4.90 Å². The summed E-state index contributed by atoms with van der Waals surface area (Å²) in [5, 5.41) is 0. The van der Waals surface area contributed by atoms with Gasteiger partial charge >= 0.3 is 0 Å². The van der Waals surface area contributed by atoms with Gasteiger partial charge in [-0.1, -0.05) is 19.1 Å². The van der Waals surface area contributed by atoms with E-state index >= 15 is 0 Å². The van der Waals surface area contributed by atoms with Crippen molar-refractivity contribution in [3.05, 3.63) is 12.2 Å². The molecule has 0 aliphatic heterocycles. The fourth-order valence-corrected chi connectivity index (χ4v) is 1.01. The highest BCUT2D eigenvalue weighted by molar-refractivity contribution is 4.92. The molecule has 0 aromatic carbocycles. The molecule has 0 saturated heterocycles. The van der Waals surface area contributed by atoms with E-state index in [1.807, 2.05) is 0 Å². The average molecular weight is 141 g/mol. The molecule has 0 saturated carbocycles. The molecule has 0 N–H and O–H groups in total. The summed E-state index contributed by atoms with van der Waals surface area (Å²) in [6, 6.07) is 0.640. The van der Waals surface area contributed by atoms with Crippen LogP contribution in [0.3, 0.4) is 0 Å². The van der Waals surface area contributed by atoms with E-state index in [1.54, 1.807) is 0 Å². The van der Waals surface area contributed by atoms with E-state index in [1.165, 1.54) is 5.57 Å². The van der Waals surface area contributed by atoms with Gasteiger partial charge < -0.3 is 0 Å². The lowest BCUT2D eigenvalue weighted by atomic mass is 10.2. The van der Waals surface area contributed by atoms with Crippen LogP contribution in [0.1, 0.15) is 27.7 Å². The lowest BCUT2D eigenvalue weighted by Gasteiger charge is -2.24. The van der Waals surface area contributed by atoms with E-state index in [-0.39, 0.29) is 0 Å². The van der Waals surface area contributed by atoms with Gasteiger partial charge in [-0.25, -0.2) is 0 Å². The van der Waals surface area contributed by atoms with Crippen LogP contribution in [-0.2, 0) is 0 Å². The van der Waals surface area contributed by atoms with E-state index in [0.29, 0.717) is 6.04 Å². The summed E-state index contributed by atoms with van der Waals surface area (Å²) in [7, 11) is 0. The maximum Gasteiger partial charge on any atom is 0.0190 e. The van der Waals surface area contributed by atoms with Crippen molar-refractivity contribution in [2.24, 2.45) is 0 Å². The highest BCUT2D eigenvalue weighted by Crippen LogP contribution is 2.00. The second kappa shape index (κ2) is 4.51. The Hall–Kier alpha value is -0.300. The van der Waals surface area contributed by atoms with Gasteiger partial charge in [0.05, 0.1) is 0 Å². The molecule has 0 bridgehead atoms. The largest absolute Gasteiger partial charge is 0.297 e. The average Bonchev–Trinajstić information content (AvgIpc) is 1.81. The second-order valence-corrected chi connectivity index (χ2v) is 3.11. The molecule has 0 aromatic heterocycles. The van der Waals surface area contributed by atoms with Crippen molar-refractivity contribution in [1.82, 2.24) is 4.90 Å². The quantitative estimate of drug-likeness (QED) is 0.543. The third kappa shape index (κ3) is 3.67. The topological polar surface area (TPSA) is 3.24 Å². The fraction of sp³-hybridized carbons (Fsp3) is 0.778. The van der Waals surface area contributed by atoms with Crippen LogP contribution in [0.15, 0.2) is 12.2 Å². The molecule has 0 aliphatic rings. The minimum atomic E-state index is 0.640. The number of hydrogen-bond acceptors (Lipinski definition) is 1. The first-order valence-corrected chi connectivity index (χ1v) is 3.96. The molecular weight excluding hydrogens is 122 g/mol. The summed E-state index contributed by atoms with van der Waals surface area (Å²) >= 11 is 0. The van der Waals surface area contributed by atoms with Crippen LogP contribution in [0.4, 0.5) is 0 Å². The van der Waals surface area contributed by atoms with E-state index in [4.69, 9.17) is 0 Å². The summed E-state index contributed by atoms with van der Waals surface area (Å²) in [6.45, 7) is 14.7. The molecule has 0 fully saturated rings. The number of nitrogens with zero attached hydrogens (tertiary/aromatic N) is 1. The van der Waals surface area contributed by atoms with Gasteiger partial charge in [0.1, 0.15) is 0 Å². The Morgan fingerprint density at radius 2 is 2.00 bits per heavy atom. The van der Waals surface area contributed by atoms with Crippen molar-refractivity contribution in [1.29, 1.82) is 0 Å². The van der Waals surface area contributed by atoms with Gasteiger partial charge in [0.15, 0.2) is 0 Å². The number of likely N-dealkylation sites (N-methyl/N-ethyl adjacent to an activating group) is 1. The minimum Gasteiger partial charge on any atom is -0.297 e. The van der Waals surface area contributed by atoms with E-state index in [2.05, 4.69) is 39.2 Å². The Morgan fingerprint density at radius 1 is 1.50 bits per heavy atom. The van der Waals surface area contributed by atoms with Gasteiger partial charge in [0.25, 0.3) is 0 Å². The van der Waals surface area contributed by atoms with Gasteiger partial charge in [0, 0.05) is 12.6 Å². The molecule has 10 heavy (non-hydrogen) atoms. The van der Waals surface area contributed by atoms with Crippen LogP contribution in [0.5, 0.6) is 0 Å². The van der Waals surface area contributed by atoms with Crippen LogP contribution in [0.25, 0.3) is 0 Å². The van der Waals surface area contributed by atoms with Crippen LogP contribution >= 0.6 is 0 Å². The van der Waals surface area contributed by atoms with Gasteiger partial charge in [-0.2, -0.15) is 0 Å². The standard InChI is InChI=1S/C9H19N/c1-6-10(9(4)5)7-8(2)3/h9H,2,6-7H2,1,3-5H3. The summed E-state index contributed by atoms with van der Waals surface area (Å²) in [5.41, 5.74) is 1.25. The van der Waals surface area contributed by atoms with Crippen molar-refractivity contribution >= 4 is 0 Å². The predicted octanol–water partition coefficient (Wildman–Crippen LogP) is 2.29. The zero-order valence-corrected chi connectivity index (χ0v) is 7.65. The molecule has 1 heteroatoms. The highest BCUT2D eigenvalue weighted by Gasteiger charge is 2.04. The van der Waals surface area contributed by atoms with Crippen LogP contribution < -0.4 is 0 Å². The van der Waals surface area contributed by atoms with Crippen molar-refractivity contribution < 1.29 is 0 Å². The first-order chi connectivity index (χ1) is 4.57. The Bertz CT molecular complexity index is 105. The normalized spacial score (nSPS) is 11.0. The van der Waals surface area contributed by atoms with Crippen LogP contribution in [0.2, 0.25) is 0 Å². The van der Waals surface area contributed by atoms with Crippen LogP contribution in [0, 0.1) is 0 Å². The molecule has 0 heterocycles. The van der Waals surface area contributed by atoms with E-state index in [0.717, 1.165) is 13.1 Å². The summed E-state index contributed by atoms with van der Waals surface area (Å²) in [5.74, 6) is 0. The van der Waals surface area contributed by atoms with Crippen molar-refractivity contribution in [2.45, 2.75) is 33.7 Å². The lowest BCUT2D eigenvalue weighted by Crippen LogP contribution is -2.31. The first kappa shape index (κ1) is 9.70. The predicted molar refractivity (Wildman–Crippen MR) is 47.2 cm³/mol. The Balaban J connectivity index is 3.71. The van der Waals surface area contributed by atoms with E-state index in [9.17, 15) is 0 Å². The zero-order valence-electron chi connectivity index (χ0n) is 7.65. The molecule has 0 aliphatic carbocycles. The maximum absolute atomic E-state index is 3.88. The van der Waals surface area contributed by atoms with Crippen molar-refractivity contribution in [3.63, 3.8) is 0 Å². The maximum atomic E-state index is 3.88. The zero-order chi connectivity index (χ0) is 8.15. The molecule has 0 atom stereocenters. The van der Waals surface area contributed by atoms with Gasteiger partial charge in [-0.05, 0) is 27.3 Å². The monoisotopic (exact) mass is 141 g/mol. The Kier molecular flexibility index (Phi) is 4.37. The molecule has 0 aromatic rings. The van der Waals surface area contributed by atoms with Crippen LogP contribution in [-0.4, -0.2) is 24.0 Å². The molecule has 0 amide bonds. The highest BCUT2D eigenvalue weighted by atomic mass is 15.1. The summed E-state index contributed by atoms with van der Waals surface area (Å²) in [6.07, 6.45) is 0. The smallest absolute Gasteiger partial charge is 0.0190 e. The summed E-state index contributed by atoms with van der Waals surface area (Å²) in [4.78, 5) is 2.39. The third-order valence-corrected chi connectivity index (χ3v) is 1.61. The van der Waals surface area contributed by atoms with Crippen molar-refractivity contribution in [3.8, 4) is 0 Å². The third-order valence-electron chi connectivity index (χ3n) is 1.61. The second-order valence-electron chi connectivity index (χ2n) is 3.11.